The number of nitrogens with one attached hydrogen (secondary N) is 2. The summed E-state index contributed by atoms with van der Waals surface area (Å²) in [5.41, 5.74) is 1.17. The fourth-order valence-electron chi connectivity index (χ4n) is 3.81. The number of carbonyl (C=O) groups excluding carboxylic acids is 3. The molecule has 3 rings (SSSR count). The van der Waals surface area contributed by atoms with E-state index in [4.69, 9.17) is 0 Å². The van der Waals surface area contributed by atoms with Gasteiger partial charge in [0.1, 0.15) is 6.04 Å². The van der Waals surface area contributed by atoms with Gasteiger partial charge in [0, 0.05) is 35.2 Å². The van der Waals surface area contributed by atoms with Crippen LogP contribution in [-0.2, 0) is 4.79 Å². The lowest BCUT2D eigenvalue weighted by atomic mass is 9.88. The molecule has 0 aliphatic carbocycles. The normalized spacial score (nSPS) is 15.2. The first-order valence-corrected chi connectivity index (χ1v) is 11.5. The maximum Gasteiger partial charge on any atom is 0.253 e. The fourth-order valence-corrected chi connectivity index (χ4v) is 4.21. The standard InChI is InChI=1S/C24H28BrN3O3/c1-2-13-26-23(30)21(27-22(29)18-7-4-3-5-8-18)17-11-14-28(15-12-17)24(31)19-9-6-10-20(25)16-19/h3-10,16-17,21H,2,11-15H2,1H3,(H,26,30)(H,27,29)/t21-/m1/s1. The highest BCUT2D eigenvalue weighted by molar-refractivity contribution is 9.10. The third-order valence-electron chi connectivity index (χ3n) is 5.52. The average molecular weight is 486 g/mol. The molecule has 0 unspecified atom stereocenters. The van der Waals surface area contributed by atoms with E-state index in [1.165, 1.54) is 0 Å². The van der Waals surface area contributed by atoms with E-state index in [1.807, 2.05) is 36.1 Å². The van der Waals surface area contributed by atoms with Crippen molar-refractivity contribution in [1.29, 1.82) is 0 Å². The summed E-state index contributed by atoms with van der Waals surface area (Å²) in [5, 5.41) is 5.85. The number of rotatable bonds is 7. The molecular formula is C24H28BrN3O3. The number of hydrogen-bond donors (Lipinski definition) is 2. The highest BCUT2D eigenvalue weighted by Crippen LogP contribution is 2.23. The quantitative estimate of drug-likeness (QED) is 0.628. The number of nitrogens with zero attached hydrogens (tertiary/aromatic N) is 1. The molecule has 2 N–H and O–H groups in total. The molecule has 0 aromatic heterocycles. The van der Waals surface area contributed by atoms with E-state index in [0.29, 0.717) is 43.6 Å². The molecule has 1 aliphatic heterocycles. The molecule has 1 aliphatic rings. The molecule has 0 radical (unpaired) electrons. The van der Waals surface area contributed by atoms with Crippen molar-refractivity contribution in [2.75, 3.05) is 19.6 Å². The van der Waals surface area contributed by atoms with E-state index in [1.54, 1.807) is 30.3 Å². The predicted octanol–water partition coefficient (Wildman–Crippen LogP) is 3.63. The molecular weight excluding hydrogens is 458 g/mol. The molecule has 164 valence electrons. The monoisotopic (exact) mass is 485 g/mol. The second-order valence-electron chi connectivity index (χ2n) is 7.75. The van der Waals surface area contributed by atoms with Gasteiger partial charge >= 0.3 is 0 Å². The van der Waals surface area contributed by atoms with E-state index in [2.05, 4.69) is 26.6 Å². The van der Waals surface area contributed by atoms with Crippen LogP contribution >= 0.6 is 15.9 Å². The molecule has 1 atom stereocenters. The molecule has 1 saturated heterocycles. The number of benzene rings is 2. The van der Waals surface area contributed by atoms with E-state index >= 15 is 0 Å². The van der Waals surface area contributed by atoms with Gasteiger partial charge in [-0.15, -0.1) is 0 Å². The number of hydrogen-bond acceptors (Lipinski definition) is 3. The van der Waals surface area contributed by atoms with E-state index in [-0.39, 0.29) is 23.6 Å². The molecule has 2 aromatic rings. The zero-order valence-electron chi connectivity index (χ0n) is 17.6. The summed E-state index contributed by atoms with van der Waals surface area (Å²) in [4.78, 5) is 40.2. The minimum absolute atomic E-state index is 0.0138. The zero-order valence-corrected chi connectivity index (χ0v) is 19.2. The van der Waals surface area contributed by atoms with Gasteiger partial charge in [-0.3, -0.25) is 14.4 Å². The largest absolute Gasteiger partial charge is 0.354 e. The molecule has 6 nitrogen and oxygen atoms in total. The molecule has 3 amide bonds. The fraction of sp³-hybridized carbons (Fsp3) is 0.375. The van der Waals surface area contributed by atoms with Crippen LogP contribution < -0.4 is 10.6 Å². The Labute approximate surface area is 191 Å². The third-order valence-corrected chi connectivity index (χ3v) is 6.02. The first-order valence-electron chi connectivity index (χ1n) is 10.7. The van der Waals surface area contributed by atoms with Gasteiger partial charge in [-0.1, -0.05) is 47.1 Å². The van der Waals surface area contributed by atoms with Crippen molar-refractivity contribution in [2.24, 2.45) is 5.92 Å². The molecule has 31 heavy (non-hydrogen) atoms. The lowest BCUT2D eigenvalue weighted by Gasteiger charge is -2.36. The van der Waals surface area contributed by atoms with Crippen LogP contribution in [0.25, 0.3) is 0 Å². The van der Waals surface area contributed by atoms with Gasteiger partial charge in [-0.25, -0.2) is 0 Å². The van der Waals surface area contributed by atoms with Crippen molar-refractivity contribution in [1.82, 2.24) is 15.5 Å². The number of halogens is 1. The summed E-state index contributed by atoms with van der Waals surface area (Å²) in [6.07, 6.45) is 2.13. The van der Waals surface area contributed by atoms with Crippen LogP contribution in [0.4, 0.5) is 0 Å². The summed E-state index contributed by atoms with van der Waals surface area (Å²) in [6, 6.07) is 15.6. The Balaban J connectivity index is 1.66. The number of amides is 3. The van der Waals surface area contributed by atoms with Crippen molar-refractivity contribution in [2.45, 2.75) is 32.2 Å². The van der Waals surface area contributed by atoms with Gasteiger partial charge in [-0.05, 0) is 55.5 Å². The van der Waals surface area contributed by atoms with E-state index < -0.39 is 6.04 Å². The Morgan fingerprint density at radius 1 is 1.03 bits per heavy atom. The third kappa shape index (κ3) is 6.17. The van der Waals surface area contributed by atoms with Crippen LogP contribution in [0.2, 0.25) is 0 Å². The molecule has 0 saturated carbocycles. The van der Waals surface area contributed by atoms with Crippen LogP contribution in [0.3, 0.4) is 0 Å². The smallest absolute Gasteiger partial charge is 0.253 e. The van der Waals surface area contributed by atoms with Crippen LogP contribution in [0.15, 0.2) is 59.1 Å². The molecule has 0 bridgehead atoms. The number of carbonyl (C=O) groups is 3. The van der Waals surface area contributed by atoms with Gasteiger partial charge in [0.25, 0.3) is 11.8 Å². The highest BCUT2D eigenvalue weighted by Gasteiger charge is 2.34. The van der Waals surface area contributed by atoms with Crippen LogP contribution in [0.5, 0.6) is 0 Å². The van der Waals surface area contributed by atoms with Gasteiger partial charge < -0.3 is 15.5 Å². The molecule has 2 aromatic carbocycles. The first kappa shape index (κ1) is 23.0. The summed E-state index contributed by atoms with van der Waals surface area (Å²) < 4.78 is 0.865. The molecule has 1 fully saturated rings. The van der Waals surface area contributed by atoms with E-state index in [0.717, 1.165) is 10.9 Å². The second kappa shape index (κ2) is 11.1. The van der Waals surface area contributed by atoms with Crippen molar-refractivity contribution in [3.8, 4) is 0 Å². The Kier molecular flexibility index (Phi) is 8.23. The highest BCUT2D eigenvalue weighted by atomic mass is 79.9. The minimum Gasteiger partial charge on any atom is -0.354 e. The first-order chi connectivity index (χ1) is 15.0. The Bertz CT molecular complexity index is 911. The zero-order chi connectivity index (χ0) is 22.2. The van der Waals surface area contributed by atoms with Crippen molar-refractivity contribution in [3.05, 3.63) is 70.2 Å². The van der Waals surface area contributed by atoms with Crippen LogP contribution in [-0.4, -0.2) is 48.3 Å². The summed E-state index contributed by atoms with van der Waals surface area (Å²) in [5.74, 6) is -0.469. The maximum absolute atomic E-state index is 12.8. The summed E-state index contributed by atoms with van der Waals surface area (Å²) in [6.45, 7) is 3.66. The topological polar surface area (TPSA) is 78.5 Å². The van der Waals surface area contributed by atoms with Crippen molar-refractivity contribution >= 4 is 33.7 Å². The van der Waals surface area contributed by atoms with Crippen LogP contribution in [0.1, 0.15) is 46.9 Å². The maximum atomic E-state index is 12.8. The van der Waals surface area contributed by atoms with Crippen molar-refractivity contribution in [3.63, 3.8) is 0 Å². The SMILES string of the molecule is CCCNC(=O)[C@H](NC(=O)c1ccccc1)C1CCN(C(=O)c2cccc(Br)c2)CC1. The summed E-state index contributed by atoms with van der Waals surface area (Å²) in [7, 11) is 0. The van der Waals surface area contributed by atoms with E-state index in [9.17, 15) is 14.4 Å². The number of likely N-dealkylation sites (tertiary alicyclic amines) is 1. The Morgan fingerprint density at radius 2 is 1.71 bits per heavy atom. The molecule has 1 heterocycles. The predicted molar refractivity (Wildman–Crippen MR) is 124 cm³/mol. The summed E-state index contributed by atoms with van der Waals surface area (Å²) >= 11 is 3.41. The Morgan fingerprint density at radius 3 is 2.35 bits per heavy atom. The Hall–Kier alpha value is -2.67. The number of piperidine rings is 1. The van der Waals surface area contributed by atoms with Crippen molar-refractivity contribution < 1.29 is 14.4 Å². The lowest BCUT2D eigenvalue weighted by molar-refractivity contribution is -0.124. The minimum atomic E-state index is -0.623. The second-order valence-corrected chi connectivity index (χ2v) is 8.66. The lowest BCUT2D eigenvalue weighted by Crippen LogP contribution is -2.54. The molecule has 7 heteroatoms. The van der Waals surface area contributed by atoms with Gasteiger partial charge in [0.2, 0.25) is 5.91 Å². The average Bonchev–Trinajstić information content (AvgIpc) is 2.81. The van der Waals surface area contributed by atoms with Gasteiger partial charge in [-0.2, -0.15) is 0 Å². The van der Waals surface area contributed by atoms with Crippen LogP contribution in [0, 0.1) is 5.92 Å². The van der Waals surface area contributed by atoms with Gasteiger partial charge in [0.05, 0.1) is 0 Å². The molecule has 0 spiro atoms. The van der Waals surface area contributed by atoms with Gasteiger partial charge in [0.15, 0.2) is 0 Å².